The van der Waals surface area contributed by atoms with Gasteiger partial charge in [0.2, 0.25) is 0 Å². The molecule has 4 nitrogen and oxygen atoms in total. The Labute approximate surface area is 128 Å². The summed E-state index contributed by atoms with van der Waals surface area (Å²) in [4.78, 5) is 4.71. The lowest BCUT2D eigenvalue weighted by Crippen LogP contribution is -2.50. The Kier molecular flexibility index (Phi) is 4.58. The zero-order valence-corrected chi connectivity index (χ0v) is 13.7. The summed E-state index contributed by atoms with van der Waals surface area (Å²) in [7, 11) is 0. The lowest BCUT2D eigenvalue weighted by molar-refractivity contribution is 0.0345. The van der Waals surface area contributed by atoms with Crippen molar-refractivity contribution in [1.82, 2.24) is 4.90 Å². The molecule has 1 aliphatic rings. The first-order valence-corrected chi connectivity index (χ1v) is 7.68. The average molecular weight is 375 g/mol. The lowest BCUT2D eigenvalue weighted by atomic mass is 10.1. The Morgan fingerprint density at radius 1 is 1.26 bits per heavy atom. The summed E-state index contributed by atoms with van der Waals surface area (Å²) in [6.45, 7) is 8.44. The number of hydrogen-bond acceptors (Lipinski definition) is 4. The summed E-state index contributed by atoms with van der Waals surface area (Å²) < 4.78 is 1.20. The summed E-state index contributed by atoms with van der Waals surface area (Å²) in [5.74, 6) is 0. The maximum Gasteiger partial charge on any atom is 0.0718 e. The van der Waals surface area contributed by atoms with Crippen LogP contribution >= 0.6 is 22.6 Å². The second kappa shape index (κ2) is 5.85. The lowest BCUT2D eigenvalue weighted by Gasteiger charge is -2.38. The number of piperazine rings is 1. The fraction of sp³-hybridized carbons (Fsp3) is 0.571. The minimum absolute atomic E-state index is 0.613. The third-order valence-electron chi connectivity index (χ3n) is 3.30. The molecule has 19 heavy (non-hydrogen) atoms. The van der Waals surface area contributed by atoms with Gasteiger partial charge in [-0.15, -0.1) is 0 Å². The van der Waals surface area contributed by atoms with Crippen LogP contribution in [0.3, 0.4) is 0 Å². The summed E-state index contributed by atoms with van der Waals surface area (Å²) in [6, 6.07) is 6.07. The van der Waals surface area contributed by atoms with Crippen molar-refractivity contribution in [2.45, 2.75) is 19.4 Å². The van der Waals surface area contributed by atoms with Crippen LogP contribution < -0.4 is 10.6 Å². The summed E-state index contributed by atoms with van der Waals surface area (Å²) >= 11 is 2.34. The number of nitrogen functional groups attached to an aromatic ring is 1. The Bertz CT molecular complexity index is 437. The number of anilines is 2. The molecular weight excluding hydrogens is 353 g/mol. The van der Waals surface area contributed by atoms with E-state index in [2.05, 4.69) is 38.5 Å². The van der Waals surface area contributed by atoms with E-state index in [0.717, 1.165) is 38.4 Å². The molecule has 0 bridgehead atoms. The van der Waals surface area contributed by atoms with Gasteiger partial charge in [-0.3, -0.25) is 4.90 Å². The molecule has 0 unspecified atom stereocenters. The van der Waals surface area contributed by atoms with Crippen LogP contribution in [0.1, 0.15) is 13.8 Å². The van der Waals surface area contributed by atoms with Gasteiger partial charge in [-0.1, -0.05) is 0 Å². The fourth-order valence-electron chi connectivity index (χ4n) is 2.47. The van der Waals surface area contributed by atoms with E-state index >= 15 is 0 Å². The van der Waals surface area contributed by atoms with E-state index in [1.54, 1.807) is 0 Å². The largest absolute Gasteiger partial charge is 0.399 e. The molecule has 1 fully saturated rings. The summed E-state index contributed by atoms with van der Waals surface area (Å²) in [5, 5.41) is 9.86. The van der Waals surface area contributed by atoms with Crippen LogP contribution in [0.15, 0.2) is 18.2 Å². The number of nitrogens with zero attached hydrogens (tertiary/aromatic N) is 2. The van der Waals surface area contributed by atoms with Crippen LogP contribution in [-0.2, 0) is 0 Å². The molecule has 1 heterocycles. The van der Waals surface area contributed by atoms with Crippen molar-refractivity contribution in [2.24, 2.45) is 0 Å². The molecule has 2 rings (SSSR count). The fourth-order valence-corrected chi connectivity index (χ4v) is 3.35. The highest BCUT2D eigenvalue weighted by atomic mass is 127. The SMILES string of the molecule is CC(C)(O)CN1CCN(c2ccc(N)cc2I)CC1. The van der Waals surface area contributed by atoms with Gasteiger partial charge in [0.15, 0.2) is 0 Å². The zero-order chi connectivity index (χ0) is 14.0. The smallest absolute Gasteiger partial charge is 0.0718 e. The van der Waals surface area contributed by atoms with Crippen molar-refractivity contribution in [3.8, 4) is 0 Å². The van der Waals surface area contributed by atoms with Gasteiger partial charge in [-0.25, -0.2) is 0 Å². The minimum atomic E-state index is -0.613. The molecular formula is C14H22IN3O. The van der Waals surface area contributed by atoms with E-state index in [4.69, 9.17) is 5.73 Å². The molecule has 0 amide bonds. The van der Waals surface area contributed by atoms with Crippen LogP contribution in [-0.4, -0.2) is 48.3 Å². The van der Waals surface area contributed by atoms with Crippen LogP contribution in [0.5, 0.6) is 0 Å². The Balaban J connectivity index is 1.96. The Morgan fingerprint density at radius 2 is 1.89 bits per heavy atom. The topological polar surface area (TPSA) is 52.7 Å². The van der Waals surface area contributed by atoms with E-state index in [9.17, 15) is 5.11 Å². The van der Waals surface area contributed by atoms with Crippen molar-refractivity contribution >= 4 is 34.0 Å². The van der Waals surface area contributed by atoms with Crippen LogP contribution in [0.2, 0.25) is 0 Å². The summed E-state index contributed by atoms with van der Waals surface area (Å²) in [6.07, 6.45) is 0. The van der Waals surface area contributed by atoms with Gasteiger partial charge in [0.05, 0.1) is 11.3 Å². The molecule has 0 spiro atoms. The Morgan fingerprint density at radius 3 is 2.42 bits per heavy atom. The zero-order valence-electron chi connectivity index (χ0n) is 11.6. The highest BCUT2D eigenvalue weighted by Crippen LogP contribution is 2.25. The molecule has 3 N–H and O–H groups in total. The van der Waals surface area contributed by atoms with Crippen molar-refractivity contribution < 1.29 is 5.11 Å². The van der Waals surface area contributed by atoms with Gasteiger partial charge in [0, 0.05) is 42.0 Å². The quantitative estimate of drug-likeness (QED) is 0.625. The first kappa shape index (κ1) is 14.9. The first-order valence-electron chi connectivity index (χ1n) is 6.60. The van der Waals surface area contributed by atoms with Gasteiger partial charge in [0.1, 0.15) is 0 Å². The molecule has 0 atom stereocenters. The van der Waals surface area contributed by atoms with Crippen LogP contribution in [0.4, 0.5) is 11.4 Å². The number of hydrogen-bond donors (Lipinski definition) is 2. The monoisotopic (exact) mass is 375 g/mol. The highest BCUT2D eigenvalue weighted by Gasteiger charge is 2.23. The van der Waals surface area contributed by atoms with Gasteiger partial charge in [-0.05, 0) is 54.6 Å². The van der Waals surface area contributed by atoms with Crippen molar-refractivity contribution in [2.75, 3.05) is 43.4 Å². The van der Waals surface area contributed by atoms with Gasteiger partial charge in [-0.2, -0.15) is 0 Å². The summed E-state index contributed by atoms with van der Waals surface area (Å²) in [5.41, 5.74) is 7.25. The van der Waals surface area contributed by atoms with E-state index in [0.29, 0.717) is 0 Å². The number of benzene rings is 1. The number of rotatable bonds is 3. The van der Waals surface area contributed by atoms with E-state index in [-0.39, 0.29) is 0 Å². The van der Waals surface area contributed by atoms with Gasteiger partial charge >= 0.3 is 0 Å². The molecule has 0 radical (unpaired) electrons. The third kappa shape index (κ3) is 4.22. The second-order valence-electron chi connectivity index (χ2n) is 5.79. The van der Waals surface area contributed by atoms with E-state index in [1.165, 1.54) is 9.26 Å². The number of nitrogens with two attached hydrogens (primary N) is 1. The molecule has 0 aliphatic carbocycles. The molecule has 0 saturated carbocycles. The highest BCUT2D eigenvalue weighted by molar-refractivity contribution is 14.1. The molecule has 5 heteroatoms. The normalized spacial score (nSPS) is 17.8. The molecule has 1 aromatic rings. The standard InChI is InChI=1S/C14H22IN3O/c1-14(2,19)10-17-5-7-18(8-6-17)13-4-3-11(16)9-12(13)15/h3-4,9,19H,5-8,10,16H2,1-2H3. The molecule has 106 valence electrons. The second-order valence-corrected chi connectivity index (χ2v) is 6.95. The maximum atomic E-state index is 9.86. The predicted molar refractivity (Wildman–Crippen MR) is 88.5 cm³/mol. The maximum absolute atomic E-state index is 9.86. The molecule has 1 aromatic carbocycles. The third-order valence-corrected chi connectivity index (χ3v) is 4.16. The number of β-amino-alcohol motifs (C(OH)–C–C–N with tert-alkyl or cyclic N) is 1. The van der Waals surface area contributed by atoms with E-state index < -0.39 is 5.60 Å². The number of halogens is 1. The molecule has 1 aliphatic heterocycles. The molecule has 1 saturated heterocycles. The minimum Gasteiger partial charge on any atom is -0.399 e. The average Bonchev–Trinajstić information content (AvgIpc) is 2.28. The Hall–Kier alpha value is -0.530. The molecule has 0 aromatic heterocycles. The van der Waals surface area contributed by atoms with Crippen molar-refractivity contribution in [3.05, 3.63) is 21.8 Å². The van der Waals surface area contributed by atoms with Crippen molar-refractivity contribution in [1.29, 1.82) is 0 Å². The van der Waals surface area contributed by atoms with Gasteiger partial charge in [0.25, 0.3) is 0 Å². The number of aliphatic hydroxyl groups is 1. The van der Waals surface area contributed by atoms with Crippen LogP contribution in [0.25, 0.3) is 0 Å². The van der Waals surface area contributed by atoms with E-state index in [1.807, 2.05) is 26.0 Å². The van der Waals surface area contributed by atoms with Crippen LogP contribution in [0, 0.1) is 3.57 Å². The van der Waals surface area contributed by atoms with Crippen molar-refractivity contribution in [3.63, 3.8) is 0 Å². The predicted octanol–water partition coefficient (Wildman–Crippen LogP) is 1.77. The first-order chi connectivity index (χ1) is 8.85. The van der Waals surface area contributed by atoms with Gasteiger partial charge < -0.3 is 15.7 Å².